The predicted octanol–water partition coefficient (Wildman–Crippen LogP) is 4.00. The lowest BCUT2D eigenvalue weighted by molar-refractivity contribution is 0.662. The quantitative estimate of drug-likeness (QED) is 0.865. The van der Waals surface area contributed by atoms with Crippen LogP contribution in [0.5, 0.6) is 0 Å². The van der Waals surface area contributed by atoms with Crippen molar-refractivity contribution in [2.24, 2.45) is 5.73 Å². The van der Waals surface area contributed by atoms with Crippen LogP contribution in [0.15, 0.2) is 36.4 Å². The van der Waals surface area contributed by atoms with Gasteiger partial charge in [0.15, 0.2) is 0 Å². The first-order valence-corrected chi connectivity index (χ1v) is 6.85. The molecule has 2 aromatic rings. The topological polar surface area (TPSA) is 26.0 Å². The highest BCUT2D eigenvalue weighted by Gasteiger charge is 2.10. The number of aryl methyl sites for hydroxylation is 3. The van der Waals surface area contributed by atoms with Gasteiger partial charge in [-0.3, -0.25) is 0 Å². The van der Waals surface area contributed by atoms with Gasteiger partial charge in [-0.2, -0.15) is 0 Å². The smallest absolute Gasteiger partial charge is 0.0393 e. The third-order valence-corrected chi connectivity index (χ3v) is 4.42. The Morgan fingerprint density at radius 1 is 1.18 bits per heavy atom. The Bertz CT molecular complexity index is 453. The molecule has 1 atom stereocenters. The molecule has 0 aliphatic heterocycles. The Balaban J connectivity index is 1.96. The van der Waals surface area contributed by atoms with Crippen molar-refractivity contribution in [1.82, 2.24) is 0 Å². The largest absolute Gasteiger partial charge is 0.323 e. The van der Waals surface area contributed by atoms with Crippen LogP contribution in [0.2, 0.25) is 0 Å². The van der Waals surface area contributed by atoms with Crippen molar-refractivity contribution in [3.63, 3.8) is 0 Å². The molecule has 90 valence electrons. The third kappa shape index (κ3) is 3.18. The van der Waals surface area contributed by atoms with E-state index >= 15 is 0 Å². The monoisotopic (exact) mass is 245 g/mol. The third-order valence-electron chi connectivity index (χ3n) is 3.14. The van der Waals surface area contributed by atoms with Crippen LogP contribution in [-0.2, 0) is 6.42 Å². The summed E-state index contributed by atoms with van der Waals surface area (Å²) in [6, 6.07) is 13.0. The standard InChI is InChI=1S/C15H19NS/c1-11-10-15(17-12(11)2)14(16)9-8-13-6-4-3-5-7-13/h3-7,10,14H,8-9,16H2,1-2H3. The first kappa shape index (κ1) is 12.3. The summed E-state index contributed by atoms with van der Waals surface area (Å²) in [5.74, 6) is 0. The lowest BCUT2D eigenvalue weighted by Gasteiger charge is -2.09. The molecule has 2 heteroatoms. The van der Waals surface area contributed by atoms with Crippen LogP contribution in [0.1, 0.15) is 33.3 Å². The SMILES string of the molecule is Cc1cc(C(N)CCc2ccccc2)sc1C. The molecule has 0 fully saturated rings. The highest BCUT2D eigenvalue weighted by molar-refractivity contribution is 7.12. The zero-order valence-electron chi connectivity index (χ0n) is 10.4. The van der Waals surface area contributed by atoms with E-state index in [0.717, 1.165) is 12.8 Å². The first-order valence-electron chi connectivity index (χ1n) is 6.03. The highest BCUT2D eigenvalue weighted by atomic mass is 32.1. The molecule has 1 unspecified atom stereocenters. The zero-order chi connectivity index (χ0) is 12.3. The fourth-order valence-corrected chi connectivity index (χ4v) is 2.97. The summed E-state index contributed by atoms with van der Waals surface area (Å²) in [6.45, 7) is 4.31. The van der Waals surface area contributed by atoms with Gasteiger partial charge in [0, 0.05) is 15.8 Å². The van der Waals surface area contributed by atoms with E-state index in [1.807, 2.05) is 11.3 Å². The van der Waals surface area contributed by atoms with Crippen LogP contribution < -0.4 is 5.73 Å². The van der Waals surface area contributed by atoms with Crippen molar-refractivity contribution in [2.75, 3.05) is 0 Å². The van der Waals surface area contributed by atoms with Gasteiger partial charge in [0.25, 0.3) is 0 Å². The van der Waals surface area contributed by atoms with Crippen molar-refractivity contribution in [3.05, 3.63) is 57.3 Å². The first-order chi connectivity index (χ1) is 8.16. The van der Waals surface area contributed by atoms with Gasteiger partial charge in [-0.25, -0.2) is 0 Å². The summed E-state index contributed by atoms with van der Waals surface area (Å²) in [6.07, 6.45) is 2.07. The fraction of sp³-hybridized carbons (Fsp3) is 0.333. The molecule has 0 saturated carbocycles. The van der Waals surface area contributed by atoms with Crippen molar-refractivity contribution >= 4 is 11.3 Å². The van der Waals surface area contributed by atoms with E-state index in [1.165, 1.54) is 20.9 Å². The van der Waals surface area contributed by atoms with Gasteiger partial charge in [0.2, 0.25) is 0 Å². The van der Waals surface area contributed by atoms with Gasteiger partial charge in [0.05, 0.1) is 0 Å². The molecule has 0 saturated heterocycles. The molecule has 0 amide bonds. The van der Waals surface area contributed by atoms with Crippen LogP contribution >= 0.6 is 11.3 Å². The summed E-state index contributed by atoms with van der Waals surface area (Å²) in [5, 5.41) is 0. The van der Waals surface area contributed by atoms with Crippen LogP contribution in [0, 0.1) is 13.8 Å². The van der Waals surface area contributed by atoms with Gasteiger partial charge in [-0.05, 0) is 43.9 Å². The molecular weight excluding hydrogens is 226 g/mol. The molecule has 17 heavy (non-hydrogen) atoms. The van der Waals surface area contributed by atoms with E-state index < -0.39 is 0 Å². The lowest BCUT2D eigenvalue weighted by atomic mass is 10.0. The summed E-state index contributed by atoms with van der Waals surface area (Å²) in [5.41, 5.74) is 8.97. The van der Waals surface area contributed by atoms with Crippen LogP contribution in [-0.4, -0.2) is 0 Å². The summed E-state index contributed by atoms with van der Waals surface area (Å²) >= 11 is 1.83. The number of hydrogen-bond donors (Lipinski definition) is 1. The average molecular weight is 245 g/mol. The number of hydrogen-bond acceptors (Lipinski definition) is 2. The Labute approximate surface area is 107 Å². The summed E-state index contributed by atoms with van der Waals surface area (Å²) < 4.78 is 0. The Morgan fingerprint density at radius 2 is 1.88 bits per heavy atom. The second-order valence-electron chi connectivity index (χ2n) is 4.52. The number of rotatable bonds is 4. The molecule has 1 aromatic heterocycles. The minimum atomic E-state index is 0.174. The Hall–Kier alpha value is -1.12. The van der Waals surface area contributed by atoms with E-state index in [2.05, 4.69) is 50.2 Å². The van der Waals surface area contributed by atoms with Gasteiger partial charge >= 0.3 is 0 Å². The summed E-state index contributed by atoms with van der Waals surface area (Å²) in [7, 11) is 0. The van der Waals surface area contributed by atoms with E-state index in [-0.39, 0.29) is 6.04 Å². The van der Waals surface area contributed by atoms with Crippen LogP contribution in [0.4, 0.5) is 0 Å². The normalized spacial score (nSPS) is 12.6. The molecular formula is C15H19NS. The molecule has 0 aliphatic rings. The molecule has 1 nitrogen and oxygen atoms in total. The minimum absolute atomic E-state index is 0.174. The maximum atomic E-state index is 6.24. The molecule has 1 aromatic carbocycles. The lowest BCUT2D eigenvalue weighted by Crippen LogP contribution is -2.09. The van der Waals surface area contributed by atoms with Gasteiger partial charge in [-0.15, -0.1) is 11.3 Å². The summed E-state index contributed by atoms with van der Waals surface area (Å²) in [4.78, 5) is 2.70. The van der Waals surface area contributed by atoms with Gasteiger partial charge in [0.1, 0.15) is 0 Å². The van der Waals surface area contributed by atoms with E-state index in [0.29, 0.717) is 0 Å². The van der Waals surface area contributed by atoms with Gasteiger partial charge in [-0.1, -0.05) is 30.3 Å². The predicted molar refractivity (Wildman–Crippen MR) is 75.5 cm³/mol. The van der Waals surface area contributed by atoms with Crippen molar-refractivity contribution in [3.8, 4) is 0 Å². The van der Waals surface area contributed by atoms with Crippen LogP contribution in [0.25, 0.3) is 0 Å². The molecule has 0 spiro atoms. The number of nitrogens with two attached hydrogens (primary N) is 1. The Kier molecular flexibility index (Phi) is 3.97. The maximum Gasteiger partial charge on any atom is 0.0393 e. The second-order valence-corrected chi connectivity index (χ2v) is 5.81. The van der Waals surface area contributed by atoms with Crippen molar-refractivity contribution < 1.29 is 0 Å². The molecule has 0 bridgehead atoms. The van der Waals surface area contributed by atoms with Gasteiger partial charge < -0.3 is 5.73 Å². The molecule has 2 rings (SSSR count). The zero-order valence-corrected chi connectivity index (χ0v) is 11.3. The van der Waals surface area contributed by atoms with Crippen molar-refractivity contribution in [2.45, 2.75) is 32.7 Å². The molecule has 1 heterocycles. The highest BCUT2D eigenvalue weighted by Crippen LogP contribution is 2.27. The molecule has 2 N–H and O–H groups in total. The minimum Gasteiger partial charge on any atom is -0.323 e. The Morgan fingerprint density at radius 3 is 2.47 bits per heavy atom. The number of thiophene rings is 1. The average Bonchev–Trinajstić information content (AvgIpc) is 2.68. The molecule has 0 radical (unpaired) electrons. The van der Waals surface area contributed by atoms with E-state index in [9.17, 15) is 0 Å². The number of benzene rings is 1. The fourth-order valence-electron chi connectivity index (χ4n) is 1.89. The van der Waals surface area contributed by atoms with Crippen LogP contribution in [0.3, 0.4) is 0 Å². The molecule has 0 aliphatic carbocycles. The van der Waals surface area contributed by atoms with Crippen molar-refractivity contribution in [1.29, 1.82) is 0 Å². The maximum absolute atomic E-state index is 6.24. The van der Waals surface area contributed by atoms with E-state index in [4.69, 9.17) is 5.73 Å². The van der Waals surface area contributed by atoms with E-state index in [1.54, 1.807) is 0 Å². The second kappa shape index (κ2) is 5.48.